The van der Waals surface area contributed by atoms with Crippen molar-refractivity contribution >= 4 is 11.8 Å². The van der Waals surface area contributed by atoms with E-state index < -0.39 is 5.54 Å². The summed E-state index contributed by atoms with van der Waals surface area (Å²) in [7, 11) is 0. The molecule has 1 heterocycles. The maximum Gasteiger partial charge on any atom is 0.249 e. The van der Waals surface area contributed by atoms with Crippen LogP contribution in [-0.4, -0.2) is 34.8 Å². The van der Waals surface area contributed by atoms with Gasteiger partial charge in [0.15, 0.2) is 0 Å². The van der Waals surface area contributed by atoms with E-state index in [9.17, 15) is 9.59 Å². The van der Waals surface area contributed by atoms with Gasteiger partial charge >= 0.3 is 0 Å². The van der Waals surface area contributed by atoms with Crippen molar-refractivity contribution < 1.29 is 9.59 Å². The Balaban J connectivity index is 1.79. The van der Waals surface area contributed by atoms with Crippen molar-refractivity contribution in [3.05, 3.63) is 0 Å². The van der Waals surface area contributed by atoms with E-state index in [1.165, 1.54) is 32.1 Å². The zero-order valence-electron chi connectivity index (χ0n) is 12.3. The van der Waals surface area contributed by atoms with E-state index in [1.54, 1.807) is 0 Å². The van der Waals surface area contributed by atoms with E-state index >= 15 is 0 Å². The predicted molar refractivity (Wildman–Crippen MR) is 77.2 cm³/mol. The van der Waals surface area contributed by atoms with Crippen molar-refractivity contribution in [2.24, 2.45) is 0 Å². The highest BCUT2D eigenvalue weighted by molar-refractivity contribution is 5.98. The van der Waals surface area contributed by atoms with Gasteiger partial charge in [0.05, 0.1) is 6.54 Å². The maximum atomic E-state index is 13.0. The van der Waals surface area contributed by atoms with Crippen LogP contribution in [0.5, 0.6) is 0 Å². The Kier molecular flexibility index (Phi) is 3.99. The lowest BCUT2D eigenvalue weighted by atomic mass is 9.79. The molecule has 1 saturated heterocycles. The molecule has 2 aliphatic carbocycles. The largest absolute Gasteiger partial charge is 0.340 e. The Morgan fingerprint density at radius 1 is 0.900 bits per heavy atom. The highest BCUT2D eigenvalue weighted by Crippen LogP contribution is 2.34. The Hall–Kier alpha value is -1.06. The highest BCUT2D eigenvalue weighted by Gasteiger charge is 2.48. The molecule has 1 N–H and O–H groups in total. The van der Waals surface area contributed by atoms with Crippen LogP contribution in [0, 0.1) is 0 Å². The van der Waals surface area contributed by atoms with Crippen LogP contribution in [-0.2, 0) is 9.59 Å². The average molecular weight is 278 g/mol. The lowest BCUT2D eigenvalue weighted by molar-refractivity contribution is -0.154. The van der Waals surface area contributed by atoms with Gasteiger partial charge in [-0.3, -0.25) is 9.59 Å². The van der Waals surface area contributed by atoms with Gasteiger partial charge in [-0.05, 0) is 25.7 Å². The number of amides is 2. The molecule has 1 spiro atoms. The van der Waals surface area contributed by atoms with Crippen molar-refractivity contribution in [2.45, 2.75) is 82.2 Å². The second-order valence-electron chi connectivity index (χ2n) is 6.77. The number of hydrogen-bond acceptors (Lipinski definition) is 2. The fraction of sp³-hybridized carbons (Fsp3) is 0.875. The minimum absolute atomic E-state index is 0.0516. The van der Waals surface area contributed by atoms with Gasteiger partial charge in [0.2, 0.25) is 11.8 Å². The summed E-state index contributed by atoms with van der Waals surface area (Å²) in [5.41, 5.74) is -0.556. The van der Waals surface area contributed by atoms with E-state index in [-0.39, 0.29) is 18.4 Å². The van der Waals surface area contributed by atoms with Crippen LogP contribution in [0.1, 0.15) is 70.6 Å². The molecule has 2 saturated carbocycles. The number of rotatable bonds is 1. The zero-order valence-corrected chi connectivity index (χ0v) is 12.3. The van der Waals surface area contributed by atoms with Gasteiger partial charge in [-0.2, -0.15) is 0 Å². The maximum absolute atomic E-state index is 13.0. The van der Waals surface area contributed by atoms with E-state index in [2.05, 4.69) is 5.32 Å². The number of carbonyl (C=O) groups excluding carboxylic acids is 2. The van der Waals surface area contributed by atoms with Gasteiger partial charge in [-0.1, -0.05) is 44.9 Å². The van der Waals surface area contributed by atoms with Gasteiger partial charge in [0.1, 0.15) is 5.54 Å². The molecule has 4 heteroatoms. The summed E-state index contributed by atoms with van der Waals surface area (Å²) in [6.45, 7) is 0.283. The molecule has 0 aromatic carbocycles. The molecule has 112 valence electrons. The molecule has 0 aromatic heterocycles. The third kappa shape index (κ3) is 2.57. The fourth-order valence-electron chi connectivity index (χ4n) is 4.22. The molecular weight excluding hydrogens is 252 g/mol. The lowest BCUT2D eigenvalue weighted by Crippen LogP contribution is -2.68. The lowest BCUT2D eigenvalue weighted by Gasteiger charge is -2.46. The SMILES string of the molecule is O=C1CN(C2CCCCCC2)C(=O)C2(CCCCC2)N1. The van der Waals surface area contributed by atoms with Crippen molar-refractivity contribution in [2.75, 3.05) is 6.54 Å². The number of carbonyl (C=O) groups is 2. The van der Waals surface area contributed by atoms with Crippen LogP contribution in [0.3, 0.4) is 0 Å². The molecule has 0 aromatic rings. The fourth-order valence-corrected chi connectivity index (χ4v) is 4.22. The summed E-state index contributed by atoms with van der Waals surface area (Å²) in [5, 5.41) is 3.04. The molecule has 20 heavy (non-hydrogen) atoms. The second-order valence-corrected chi connectivity index (χ2v) is 6.77. The molecule has 0 bridgehead atoms. The molecule has 0 unspecified atom stereocenters. The second kappa shape index (κ2) is 5.74. The van der Waals surface area contributed by atoms with Crippen LogP contribution >= 0.6 is 0 Å². The third-order valence-electron chi connectivity index (χ3n) is 5.34. The summed E-state index contributed by atoms with van der Waals surface area (Å²) in [4.78, 5) is 27.0. The van der Waals surface area contributed by atoms with E-state index in [1.807, 2.05) is 4.90 Å². The third-order valence-corrected chi connectivity index (χ3v) is 5.34. The number of nitrogens with zero attached hydrogens (tertiary/aromatic N) is 1. The number of hydrogen-bond donors (Lipinski definition) is 1. The zero-order chi connectivity index (χ0) is 14.0. The molecule has 0 atom stereocenters. The summed E-state index contributed by atoms with van der Waals surface area (Å²) >= 11 is 0. The Labute approximate surface area is 121 Å². The summed E-state index contributed by atoms with van der Waals surface area (Å²) in [6, 6.07) is 0.301. The standard InChI is InChI=1S/C16H26N2O2/c19-14-12-18(13-8-4-1-2-5-9-13)15(20)16(17-14)10-6-3-7-11-16/h13H,1-12H2,(H,17,19). The molecule has 3 fully saturated rings. The molecule has 3 rings (SSSR count). The number of nitrogens with one attached hydrogen (secondary N) is 1. The summed E-state index contributed by atoms with van der Waals surface area (Å²) in [5.74, 6) is 0.263. The van der Waals surface area contributed by atoms with Gasteiger partial charge in [0.25, 0.3) is 0 Å². The van der Waals surface area contributed by atoms with Crippen LogP contribution in [0.4, 0.5) is 0 Å². The Morgan fingerprint density at radius 2 is 1.50 bits per heavy atom. The Bertz CT molecular complexity index is 380. The van der Waals surface area contributed by atoms with Gasteiger partial charge < -0.3 is 10.2 Å². The van der Waals surface area contributed by atoms with Gasteiger partial charge in [-0.15, -0.1) is 0 Å². The minimum Gasteiger partial charge on any atom is -0.340 e. The van der Waals surface area contributed by atoms with Crippen molar-refractivity contribution in [3.63, 3.8) is 0 Å². The van der Waals surface area contributed by atoms with Crippen molar-refractivity contribution in [1.29, 1.82) is 0 Å². The van der Waals surface area contributed by atoms with Gasteiger partial charge in [0, 0.05) is 6.04 Å². The van der Waals surface area contributed by atoms with Crippen LogP contribution in [0.25, 0.3) is 0 Å². The van der Waals surface area contributed by atoms with E-state index in [0.717, 1.165) is 38.5 Å². The van der Waals surface area contributed by atoms with Crippen LogP contribution in [0.2, 0.25) is 0 Å². The molecule has 0 radical (unpaired) electrons. The highest BCUT2D eigenvalue weighted by atomic mass is 16.2. The van der Waals surface area contributed by atoms with Crippen LogP contribution in [0.15, 0.2) is 0 Å². The number of piperazine rings is 1. The monoisotopic (exact) mass is 278 g/mol. The molecular formula is C16H26N2O2. The molecule has 2 amide bonds. The molecule has 1 aliphatic heterocycles. The smallest absolute Gasteiger partial charge is 0.249 e. The Morgan fingerprint density at radius 3 is 2.15 bits per heavy atom. The van der Waals surface area contributed by atoms with Crippen molar-refractivity contribution in [3.8, 4) is 0 Å². The quantitative estimate of drug-likeness (QED) is 0.749. The first-order chi connectivity index (χ1) is 9.71. The first kappa shape index (κ1) is 13.9. The van der Waals surface area contributed by atoms with Crippen LogP contribution < -0.4 is 5.32 Å². The summed E-state index contributed by atoms with van der Waals surface area (Å²) in [6.07, 6.45) is 12.1. The first-order valence-corrected chi connectivity index (χ1v) is 8.33. The normalized spacial score (nSPS) is 28.3. The van der Waals surface area contributed by atoms with E-state index in [4.69, 9.17) is 0 Å². The summed E-state index contributed by atoms with van der Waals surface area (Å²) < 4.78 is 0. The predicted octanol–water partition coefficient (Wildman–Crippen LogP) is 2.37. The van der Waals surface area contributed by atoms with E-state index in [0.29, 0.717) is 6.04 Å². The van der Waals surface area contributed by atoms with Gasteiger partial charge in [-0.25, -0.2) is 0 Å². The van der Waals surface area contributed by atoms with Crippen molar-refractivity contribution in [1.82, 2.24) is 10.2 Å². The topological polar surface area (TPSA) is 49.4 Å². The minimum atomic E-state index is -0.556. The average Bonchev–Trinajstić information content (AvgIpc) is 2.73. The molecule has 3 aliphatic rings. The first-order valence-electron chi connectivity index (χ1n) is 8.33. The molecule has 4 nitrogen and oxygen atoms in total.